The predicted molar refractivity (Wildman–Crippen MR) is 123 cm³/mol. The highest BCUT2D eigenvalue weighted by atomic mass is 32.2. The summed E-state index contributed by atoms with van der Waals surface area (Å²) in [7, 11) is -6.77. The largest absolute Gasteiger partial charge is 0.340 e. The summed E-state index contributed by atoms with van der Waals surface area (Å²) >= 11 is 0. The number of carbonyl (C=O) groups excluding carboxylic acids is 1. The van der Waals surface area contributed by atoms with Crippen LogP contribution in [0.3, 0.4) is 0 Å². The second-order valence-corrected chi connectivity index (χ2v) is 12.3. The van der Waals surface area contributed by atoms with E-state index in [4.69, 9.17) is 0 Å². The summed E-state index contributed by atoms with van der Waals surface area (Å²) in [5.41, 5.74) is 1.10. The molecule has 0 saturated carbocycles. The maximum absolute atomic E-state index is 13.0. The molecule has 2 aromatic rings. The molecule has 0 aromatic heterocycles. The number of sulfonamides is 1. The zero-order chi connectivity index (χ0) is 23.6. The quantitative estimate of drug-likeness (QED) is 0.652. The van der Waals surface area contributed by atoms with Crippen molar-refractivity contribution in [3.05, 3.63) is 59.9 Å². The minimum absolute atomic E-state index is 0.0201. The van der Waals surface area contributed by atoms with Gasteiger partial charge in [-0.05, 0) is 48.4 Å². The van der Waals surface area contributed by atoms with Crippen LogP contribution in [0.1, 0.15) is 12.0 Å². The zero-order valence-corrected chi connectivity index (χ0v) is 19.6. The minimum Gasteiger partial charge on any atom is -0.340 e. The van der Waals surface area contributed by atoms with Crippen molar-refractivity contribution in [3.63, 3.8) is 0 Å². The summed E-state index contributed by atoms with van der Waals surface area (Å²) in [6, 6.07) is 11.2. The number of benzene rings is 2. The number of carbonyl (C=O) groups is 1. The number of amides is 1. The van der Waals surface area contributed by atoms with Gasteiger partial charge in [0.05, 0.1) is 22.8 Å². The first-order valence-corrected chi connectivity index (χ1v) is 14.0. The summed E-state index contributed by atoms with van der Waals surface area (Å²) in [6.45, 7) is 2.45. The summed E-state index contributed by atoms with van der Waals surface area (Å²) in [5.74, 6) is -0.0883. The van der Waals surface area contributed by atoms with Crippen LogP contribution in [-0.4, -0.2) is 76.3 Å². The Morgan fingerprint density at radius 2 is 1.64 bits per heavy atom. The van der Waals surface area contributed by atoms with E-state index in [2.05, 4.69) is 9.62 Å². The highest BCUT2D eigenvalue weighted by Gasteiger charge is 2.34. The molecule has 2 fully saturated rings. The Bertz CT molecular complexity index is 1210. The predicted octanol–water partition coefficient (Wildman–Crippen LogP) is 1.50. The number of sulfone groups is 1. The number of halogens is 1. The molecule has 1 amide bonds. The van der Waals surface area contributed by atoms with E-state index in [1.54, 1.807) is 29.2 Å². The molecule has 2 aliphatic heterocycles. The SMILES string of the molecule is O=C(Cc1ccc(NS(=O)(=O)c2ccc(F)cc2)cc1)N1CCN(C2CCS(=O)(=O)C2)CC1. The van der Waals surface area contributed by atoms with E-state index >= 15 is 0 Å². The lowest BCUT2D eigenvalue weighted by Gasteiger charge is -2.37. The van der Waals surface area contributed by atoms with Gasteiger partial charge in [-0.2, -0.15) is 0 Å². The van der Waals surface area contributed by atoms with Gasteiger partial charge in [0.2, 0.25) is 5.91 Å². The van der Waals surface area contributed by atoms with Crippen molar-refractivity contribution < 1.29 is 26.0 Å². The van der Waals surface area contributed by atoms with Crippen LogP contribution in [0, 0.1) is 5.82 Å². The maximum Gasteiger partial charge on any atom is 0.261 e. The Hall–Kier alpha value is -2.50. The van der Waals surface area contributed by atoms with Gasteiger partial charge in [-0.1, -0.05) is 12.1 Å². The lowest BCUT2D eigenvalue weighted by Crippen LogP contribution is -2.52. The number of hydrogen-bond acceptors (Lipinski definition) is 6. The van der Waals surface area contributed by atoms with E-state index < -0.39 is 25.7 Å². The Labute approximate surface area is 193 Å². The van der Waals surface area contributed by atoms with Crippen molar-refractivity contribution in [2.75, 3.05) is 42.4 Å². The molecule has 11 heteroatoms. The van der Waals surface area contributed by atoms with Gasteiger partial charge in [0.15, 0.2) is 9.84 Å². The molecule has 2 saturated heterocycles. The van der Waals surface area contributed by atoms with Gasteiger partial charge in [0, 0.05) is 37.9 Å². The topological polar surface area (TPSA) is 104 Å². The second-order valence-electron chi connectivity index (χ2n) is 8.41. The molecule has 1 atom stereocenters. The van der Waals surface area contributed by atoms with Gasteiger partial charge >= 0.3 is 0 Å². The number of nitrogens with one attached hydrogen (secondary N) is 1. The van der Waals surface area contributed by atoms with Gasteiger partial charge in [0.1, 0.15) is 5.82 Å². The molecule has 0 bridgehead atoms. The molecule has 33 heavy (non-hydrogen) atoms. The van der Waals surface area contributed by atoms with Crippen molar-refractivity contribution >= 4 is 31.5 Å². The monoisotopic (exact) mass is 495 g/mol. The third-order valence-corrected chi connectivity index (χ3v) is 9.22. The van der Waals surface area contributed by atoms with E-state index in [0.717, 1.165) is 17.7 Å². The summed E-state index contributed by atoms with van der Waals surface area (Å²) < 4.78 is 63.7. The van der Waals surface area contributed by atoms with Crippen LogP contribution in [0.15, 0.2) is 53.4 Å². The smallest absolute Gasteiger partial charge is 0.261 e. The van der Waals surface area contributed by atoms with E-state index in [1.165, 1.54) is 12.1 Å². The molecule has 2 aromatic carbocycles. The van der Waals surface area contributed by atoms with Crippen LogP contribution in [-0.2, 0) is 31.1 Å². The standard InChI is InChI=1S/C22H26FN3O5S2/c23-18-3-7-21(8-4-18)33(30,31)24-19-5-1-17(2-6-19)15-22(27)26-12-10-25(11-13-26)20-9-14-32(28,29)16-20/h1-8,20,24H,9-16H2. The van der Waals surface area contributed by atoms with Crippen LogP contribution in [0.2, 0.25) is 0 Å². The Morgan fingerprint density at radius 3 is 2.21 bits per heavy atom. The molecular formula is C22H26FN3O5S2. The van der Waals surface area contributed by atoms with E-state index in [-0.39, 0.29) is 34.8 Å². The Balaban J connectivity index is 1.29. The van der Waals surface area contributed by atoms with Gasteiger partial charge in [-0.3, -0.25) is 14.4 Å². The van der Waals surface area contributed by atoms with Crippen molar-refractivity contribution in [2.45, 2.75) is 23.8 Å². The molecule has 0 radical (unpaired) electrons. The number of hydrogen-bond donors (Lipinski definition) is 1. The molecule has 2 aliphatic rings. The first-order valence-electron chi connectivity index (χ1n) is 10.7. The Morgan fingerprint density at radius 1 is 1.00 bits per heavy atom. The van der Waals surface area contributed by atoms with Crippen LogP contribution in [0.25, 0.3) is 0 Å². The normalized spacial score (nSPS) is 21.1. The first kappa shape index (κ1) is 23.7. The zero-order valence-electron chi connectivity index (χ0n) is 18.0. The number of piperazine rings is 1. The lowest BCUT2D eigenvalue weighted by atomic mass is 10.1. The lowest BCUT2D eigenvalue weighted by molar-refractivity contribution is -0.132. The average Bonchev–Trinajstić information content (AvgIpc) is 3.15. The van der Waals surface area contributed by atoms with Crippen LogP contribution in [0.5, 0.6) is 0 Å². The number of nitrogens with zero attached hydrogens (tertiary/aromatic N) is 2. The molecule has 1 N–H and O–H groups in total. The average molecular weight is 496 g/mol. The summed E-state index contributed by atoms with van der Waals surface area (Å²) in [5, 5.41) is 0. The van der Waals surface area contributed by atoms with E-state index in [1.807, 2.05) is 0 Å². The summed E-state index contributed by atoms with van der Waals surface area (Å²) in [6.07, 6.45) is 0.857. The van der Waals surface area contributed by atoms with Gasteiger partial charge in [0.25, 0.3) is 10.0 Å². The first-order chi connectivity index (χ1) is 15.6. The third kappa shape index (κ3) is 5.90. The van der Waals surface area contributed by atoms with E-state index in [0.29, 0.717) is 38.3 Å². The van der Waals surface area contributed by atoms with Gasteiger partial charge in [-0.15, -0.1) is 0 Å². The van der Waals surface area contributed by atoms with Crippen molar-refractivity contribution in [1.29, 1.82) is 0 Å². The molecule has 2 heterocycles. The van der Waals surface area contributed by atoms with Crippen molar-refractivity contribution in [3.8, 4) is 0 Å². The number of rotatable bonds is 6. The van der Waals surface area contributed by atoms with Crippen LogP contribution < -0.4 is 4.72 Å². The van der Waals surface area contributed by atoms with Gasteiger partial charge < -0.3 is 4.90 Å². The fourth-order valence-corrected chi connectivity index (χ4v) is 7.02. The molecule has 1 unspecified atom stereocenters. The molecule has 178 valence electrons. The van der Waals surface area contributed by atoms with Crippen LogP contribution in [0.4, 0.5) is 10.1 Å². The second kappa shape index (κ2) is 9.40. The summed E-state index contributed by atoms with van der Waals surface area (Å²) in [4.78, 5) is 16.6. The molecular weight excluding hydrogens is 469 g/mol. The fourth-order valence-electron chi connectivity index (χ4n) is 4.20. The minimum atomic E-state index is -3.84. The number of anilines is 1. The molecule has 8 nitrogen and oxygen atoms in total. The third-order valence-electron chi connectivity index (χ3n) is 6.08. The molecule has 4 rings (SSSR count). The highest BCUT2D eigenvalue weighted by Crippen LogP contribution is 2.20. The molecule has 0 spiro atoms. The fraction of sp³-hybridized carbons (Fsp3) is 0.409. The van der Waals surface area contributed by atoms with E-state index in [9.17, 15) is 26.0 Å². The Kier molecular flexibility index (Phi) is 6.73. The van der Waals surface area contributed by atoms with Crippen LogP contribution >= 0.6 is 0 Å². The maximum atomic E-state index is 13.0. The highest BCUT2D eigenvalue weighted by molar-refractivity contribution is 7.92. The van der Waals surface area contributed by atoms with Gasteiger partial charge in [-0.25, -0.2) is 21.2 Å². The molecule has 0 aliphatic carbocycles. The van der Waals surface area contributed by atoms with Crippen molar-refractivity contribution in [2.24, 2.45) is 0 Å². The van der Waals surface area contributed by atoms with Crippen molar-refractivity contribution in [1.82, 2.24) is 9.80 Å².